The molecule has 0 aliphatic heterocycles. The molecule has 0 bridgehead atoms. The molecule has 112 valence electrons. The molecule has 0 atom stereocenters. The zero-order valence-electron chi connectivity index (χ0n) is 11.8. The highest BCUT2D eigenvalue weighted by Crippen LogP contribution is 2.60. The number of thiophene rings is 1. The van der Waals surface area contributed by atoms with Crippen molar-refractivity contribution >= 4 is 21.4 Å². The Labute approximate surface area is 125 Å². The second-order valence-electron chi connectivity index (χ2n) is 5.99. The standard InChI is InChI=1S/C14H22N2O2S2/c1-2-15-8-12-7-13(9-19-12)20(17,18)16-10-14(5-6-14)11-3-4-11/h7,9,11,15-16H,2-6,8,10H2,1H3. The summed E-state index contributed by atoms with van der Waals surface area (Å²) in [5.74, 6) is 0.775. The van der Waals surface area contributed by atoms with Crippen LogP contribution in [0.4, 0.5) is 0 Å². The van der Waals surface area contributed by atoms with E-state index in [1.165, 1.54) is 37.0 Å². The molecule has 0 unspecified atom stereocenters. The Morgan fingerprint density at radius 2 is 2.15 bits per heavy atom. The molecule has 0 spiro atoms. The largest absolute Gasteiger partial charge is 0.312 e. The summed E-state index contributed by atoms with van der Waals surface area (Å²) >= 11 is 1.50. The number of nitrogens with one attached hydrogen (secondary N) is 2. The van der Waals surface area contributed by atoms with Gasteiger partial charge in [-0.25, -0.2) is 13.1 Å². The van der Waals surface area contributed by atoms with Gasteiger partial charge < -0.3 is 5.32 Å². The van der Waals surface area contributed by atoms with Gasteiger partial charge in [-0.2, -0.15) is 0 Å². The molecular weight excluding hydrogens is 292 g/mol. The van der Waals surface area contributed by atoms with E-state index >= 15 is 0 Å². The van der Waals surface area contributed by atoms with Gasteiger partial charge >= 0.3 is 0 Å². The lowest BCUT2D eigenvalue weighted by atomic mass is 10.0. The number of sulfonamides is 1. The summed E-state index contributed by atoms with van der Waals surface area (Å²) in [6, 6.07) is 1.78. The highest BCUT2D eigenvalue weighted by atomic mass is 32.2. The normalized spacial score (nSPS) is 21.1. The third-order valence-corrected chi connectivity index (χ3v) is 6.91. The predicted octanol–water partition coefficient (Wildman–Crippen LogP) is 2.33. The van der Waals surface area contributed by atoms with Crippen LogP contribution >= 0.6 is 11.3 Å². The van der Waals surface area contributed by atoms with Gasteiger partial charge in [0.2, 0.25) is 10.0 Å². The lowest BCUT2D eigenvalue weighted by molar-refractivity contribution is 0.432. The minimum Gasteiger partial charge on any atom is -0.312 e. The summed E-state index contributed by atoms with van der Waals surface area (Å²) in [5, 5.41) is 4.96. The van der Waals surface area contributed by atoms with Crippen molar-refractivity contribution in [2.24, 2.45) is 11.3 Å². The molecule has 2 saturated carbocycles. The van der Waals surface area contributed by atoms with E-state index in [4.69, 9.17) is 0 Å². The van der Waals surface area contributed by atoms with Crippen LogP contribution in [0.3, 0.4) is 0 Å². The SMILES string of the molecule is CCNCc1cc(S(=O)(=O)NCC2(C3CC3)CC2)cs1. The average Bonchev–Trinajstić information content (AvgIpc) is 3.32. The van der Waals surface area contributed by atoms with Crippen LogP contribution in [-0.4, -0.2) is 21.5 Å². The van der Waals surface area contributed by atoms with Crippen molar-refractivity contribution in [1.82, 2.24) is 10.0 Å². The van der Waals surface area contributed by atoms with Gasteiger partial charge in [0.15, 0.2) is 0 Å². The maximum Gasteiger partial charge on any atom is 0.241 e. The molecular formula is C14H22N2O2S2. The Kier molecular flexibility index (Phi) is 3.92. The molecule has 20 heavy (non-hydrogen) atoms. The van der Waals surface area contributed by atoms with Gasteiger partial charge in [-0.1, -0.05) is 6.92 Å². The van der Waals surface area contributed by atoms with Crippen molar-refractivity contribution in [2.45, 2.75) is 44.0 Å². The Morgan fingerprint density at radius 3 is 2.75 bits per heavy atom. The zero-order chi connectivity index (χ0) is 14.2. The summed E-state index contributed by atoms with van der Waals surface area (Å²) in [6.45, 7) is 4.29. The van der Waals surface area contributed by atoms with Crippen LogP contribution in [-0.2, 0) is 16.6 Å². The molecule has 4 nitrogen and oxygen atoms in total. The summed E-state index contributed by atoms with van der Waals surface area (Å²) in [7, 11) is -3.33. The maximum absolute atomic E-state index is 12.3. The van der Waals surface area contributed by atoms with Crippen molar-refractivity contribution in [2.75, 3.05) is 13.1 Å². The molecule has 2 aliphatic rings. The van der Waals surface area contributed by atoms with Gasteiger partial charge in [0.25, 0.3) is 0 Å². The fourth-order valence-electron chi connectivity index (χ4n) is 2.75. The third-order valence-electron chi connectivity index (χ3n) is 4.44. The van der Waals surface area contributed by atoms with Crippen LogP contribution in [0, 0.1) is 11.3 Å². The summed E-state index contributed by atoms with van der Waals surface area (Å²) in [5.41, 5.74) is 0.301. The lowest BCUT2D eigenvalue weighted by Crippen LogP contribution is -2.31. The molecule has 0 saturated heterocycles. The van der Waals surface area contributed by atoms with E-state index in [1.807, 2.05) is 6.92 Å². The highest BCUT2D eigenvalue weighted by molar-refractivity contribution is 7.89. The first-order valence-electron chi connectivity index (χ1n) is 7.33. The topological polar surface area (TPSA) is 58.2 Å². The van der Waals surface area contributed by atoms with Crippen LogP contribution in [0.1, 0.15) is 37.5 Å². The smallest absolute Gasteiger partial charge is 0.241 e. The fourth-order valence-corrected chi connectivity index (χ4v) is 5.13. The van der Waals surface area contributed by atoms with E-state index in [1.54, 1.807) is 11.4 Å². The van der Waals surface area contributed by atoms with Crippen molar-refractivity contribution in [3.63, 3.8) is 0 Å². The van der Waals surface area contributed by atoms with Crippen molar-refractivity contribution in [1.29, 1.82) is 0 Å². The minimum atomic E-state index is -3.33. The average molecular weight is 314 g/mol. The molecule has 3 rings (SSSR count). The second-order valence-corrected chi connectivity index (χ2v) is 8.75. The highest BCUT2D eigenvalue weighted by Gasteiger charge is 2.53. The number of rotatable bonds is 8. The molecule has 1 aromatic rings. The van der Waals surface area contributed by atoms with Crippen molar-refractivity contribution in [3.8, 4) is 0 Å². The fraction of sp³-hybridized carbons (Fsp3) is 0.714. The van der Waals surface area contributed by atoms with E-state index < -0.39 is 10.0 Å². The molecule has 1 heterocycles. The monoisotopic (exact) mass is 314 g/mol. The van der Waals surface area contributed by atoms with Crippen LogP contribution in [0.2, 0.25) is 0 Å². The summed E-state index contributed by atoms with van der Waals surface area (Å²) in [4.78, 5) is 1.48. The zero-order valence-corrected chi connectivity index (χ0v) is 13.4. The minimum absolute atomic E-state index is 0.301. The van der Waals surface area contributed by atoms with Crippen LogP contribution < -0.4 is 10.0 Å². The van der Waals surface area contributed by atoms with Crippen molar-refractivity contribution < 1.29 is 8.42 Å². The van der Waals surface area contributed by atoms with Gasteiger partial charge in [-0.05, 0) is 49.6 Å². The molecule has 0 radical (unpaired) electrons. The predicted molar refractivity (Wildman–Crippen MR) is 81.3 cm³/mol. The van der Waals surface area contributed by atoms with Crippen LogP contribution in [0.25, 0.3) is 0 Å². The Balaban J connectivity index is 1.61. The van der Waals surface area contributed by atoms with Crippen LogP contribution in [0.15, 0.2) is 16.3 Å². The van der Waals surface area contributed by atoms with E-state index in [0.717, 1.165) is 23.9 Å². The quantitative estimate of drug-likeness (QED) is 0.774. The van der Waals surface area contributed by atoms with Gasteiger partial charge in [-0.3, -0.25) is 0 Å². The third kappa shape index (κ3) is 3.08. The van der Waals surface area contributed by atoms with Crippen LogP contribution in [0.5, 0.6) is 0 Å². The maximum atomic E-state index is 12.3. The summed E-state index contributed by atoms with van der Waals surface area (Å²) in [6.07, 6.45) is 4.95. The molecule has 0 aromatic carbocycles. The molecule has 2 N–H and O–H groups in total. The first-order chi connectivity index (χ1) is 9.56. The van der Waals surface area contributed by atoms with Gasteiger partial charge in [0, 0.05) is 23.3 Å². The molecule has 2 aliphatic carbocycles. The summed E-state index contributed by atoms with van der Waals surface area (Å²) < 4.78 is 27.5. The molecule has 2 fully saturated rings. The van der Waals surface area contributed by atoms with E-state index in [0.29, 0.717) is 16.9 Å². The molecule has 1 aromatic heterocycles. The first kappa shape index (κ1) is 14.5. The molecule has 0 amide bonds. The lowest BCUT2D eigenvalue weighted by Gasteiger charge is -2.14. The number of hydrogen-bond acceptors (Lipinski definition) is 4. The van der Waals surface area contributed by atoms with Gasteiger partial charge in [0.1, 0.15) is 0 Å². The van der Waals surface area contributed by atoms with Gasteiger partial charge in [0.05, 0.1) is 4.90 Å². The Hall–Kier alpha value is -0.430. The number of hydrogen-bond donors (Lipinski definition) is 2. The Bertz CT molecular complexity index is 572. The Morgan fingerprint density at radius 1 is 1.40 bits per heavy atom. The second kappa shape index (κ2) is 5.40. The van der Waals surface area contributed by atoms with Crippen molar-refractivity contribution in [3.05, 3.63) is 16.3 Å². The molecule has 6 heteroatoms. The van der Waals surface area contributed by atoms with Gasteiger partial charge in [-0.15, -0.1) is 11.3 Å². The van der Waals surface area contributed by atoms with E-state index in [9.17, 15) is 8.42 Å². The first-order valence-corrected chi connectivity index (χ1v) is 9.70. The van der Waals surface area contributed by atoms with E-state index in [-0.39, 0.29) is 0 Å². The van der Waals surface area contributed by atoms with E-state index in [2.05, 4.69) is 10.0 Å².